The zero-order valence-corrected chi connectivity index (χ0v) is 15.4. The third kappa shape index (κ3) is 2.51. The molecule has 140 valence electrons. The van der Waals surface area contributed by atoms with Crippen LogP contribution in [-0.4, -0.2) is 33.3 Å². The van der Waals surface area contributed by atoms with Crippen LogP contribution < -0.4 is 10.3 Å². The maximum Gasteiger partial charge on any atom is 0.264 e. The first-order valence-electron chi connectivity index (χ1n) is 8.64. The molecule has 0 N–H and O–H groups in total. The molecule has 7 heteroatoms. The van der Waals surface area contributed by atoms with Gasteiger partial charge in [0.05, 0.1) is 24.7 Å². The summed E-state index contributed by atoms with van der Waals surface area (Å²) in [7, 11) is 3.11. The number of aryl methyl sites for hydroxylation is 1. The molecule has 0 unspecified atom stereocenters. The number of ether oxygens (including phenoxy) is 1. The molecule has 28 heavy (non-hydrogen) atoms. The number of pyridine rings is 2. The van der Waals surface area contributed by atoms with Gasteiger partial charge in [-0.15, -0.1) is 0 Å². The van der Waals surface area contributed by atoms with Gasteiger partial charge in [0.1, 0.15) is 11.1 Å². The molecule has 7 nitrogen and oxygen atoms in total. The number of carbonyl (C=O) groups is 2. The first-order valence-corrected chi connectivity index (χ1v) is 8.64. The van der Waals surface area contributed by atoms with Gasteiger partial charge in [-0.1, -0.05) is 30.3 Å². The highest BCUT2D eigenvalue weighted by molar-refractivity contribution is 6.09. The van der Waals surface area contributed by atoms with Crippen LogP contribution in [0.1, 0.15) is 20.8 Å². The molecule has 0 aliphatic heterocycles. The van der Waals surface area contributed by atoms with E-state index >= 15 is 0 Å². The average Bonchev–Trinajstić information content (AvgIpc) is 3.03. The molecule has 0 radical (unpaired) electrons. The maximum absolute atomic E-state index is 13.4. The van der Waals surface area contributed by atoms with Crippen molar-refractivity contribution in [2.24, 2.45) is 7.05 Å². The van der Waals surface area contributed by atoms with Gasteiger partial charge < -0.3 is 9.30 Å². The Morgan fingerprint density at radius 2 is 1.96 bits per heavy atom. The Bertz CT molecular complexity index is 1290. The molecule has 0 amide bonds. The number of ketones is 1. The molecule has 4 rings (SSSR count). The molecule has 0 spiro atoms. The summed E-state index contributed by atoms with van der Waals surface area (Å²) in [5.74, 6) is 0.00911. The van der Waals surface area contributed by atoms with Gasteiger partial charge in [0, 0.05) is 30.4 Å². The van der Waals surface area contributed by atoms with Gasteiger partial charge in [-0.25, -0.2) is 0 Å². The molecule has 0 saturated carbocycles. The van der Waals surface area contributed by atoms with Crippen molar-refractivity contribution < 1.29 is 14.3 Å². The van der Waals surface area contributed by atoms with E-state index in [9.17, 15) is 14.4 Å². The van der Waals surface area contributed by atoms with Gasteiger partial charge in [0.15, 0.2) is 17.8 Å². The summed E-state index contributed by atoms with van der Waals surface area (Å²) in [6.45, 7) is -0.131. The van der Waals surface area contributed by atoms with Crippen molar-refractivity contribution in [3.63, 3.8) is 0 Å². The molecule has 0 aliphatic rings. The molecule has 1 aromatic carbocycles. The summed E-state index contributed by atoms with van der Waals surface area (Å²) < 4.78 is 8.40. The SMILES string of the molecule is COc1c(C=O)n(C)c2c1c(=O)n(CC(=O)c1ccccc1)c1ccncc21. The number of aldehydes is 1. The number of hydrogen-bond donors (Lipinski definition) is 0. The second-order valence-corrected chi connectivity index (χ2v) is 6.39. The highest BCUT2D eigenvalue weighted by atomic mass is 16.5. The fraction of sp³-hybridized carbons (Fsp3) is 0.143. The Morgan fingerprint density at radius 1 is 1.21 bits per heavy atom. The highest BCUT2D eigenvalue weighted by Gasteiger charge is 2.24. The second-order valence-electron chi connectivity index (χ2n) is 6.39. The lowest BCUT2D eigenvalue weighted by Crippen LogP contribution is -2.25. The van der Waals surface area contributed by atoms with E-state index in [0.717, 1.165) is 0 Å². The van der Waals surface area contributed by atoms with Crippen molar-refractivity contribution in [2.75, 3.05) is 7.11 Å². The monoisotopic (exact) mass is 375 g/mol. The number of methoxy groups -OCH3 is 1. The topological polar surface area (TPSA) is 83.2 Å². The summed E-state index contributed by atoms with van der Waals surface area (Å²) in [4.78, 5) is 41.9. The lowest BCUT2D eigenvalue weighted by molar-refractivity contribution is 0.0972. The number of Topliss-reactive ketones (excluding diaryl/α,β-unsaturated/α-hetero) is 1. The van der Waals surface area contributed by atoms with Crippen LogP contribution in [0.3, 0.4) is 0 Å². The summed E-state index contributed by atoms with van der Waals surface area (Å²) in [5, 5.41) is 0.917. The Hall–Kier alpha value is -3.74. The molecule has 0 fully saturated rings. The van der Waals surface area contributed by atoms with E-state index in [0.29, 0.717) is 28.3 Å². The number of hydrogen-bond acceptors (Lipinski definition) is 5. The lowest BCUT2D eigenvalue weighted by atomic mass is 10.1. The number of aromatic nitrogens is 3. The van der Waals surface area contributed by atoms with Gasteiger partial charge in [-0.05, 0) is 6.07 Å². The smallest absolute Gasteiger partial charge is 0.264 e. The molecule has 0 saturated heterocycles. The van der Waals surface area contributed by atoms with Crippen molar-refractivity contribution in [3.05, 3.63) is 70.4 Å². The minimum absolute atomic E-state index is 0.131. The standard InChI is InChI=1S/C21H17N3O4/c1-23-16(12-25)20(28-2)18-19(23)14-10-22-9-8-15(14)24(21(18)27)11-17(26)13-6-4-3-5-7-13/h3-10,12H,11H2,1-2H3. The van der Waals surface area contributed by atoms with Gasteiger partial charge in [0.2, 0.25) is 0 Å². The molecule has 0 bridgehead atoms. The summed E-state index contributed by atoms with van der Waals surface area (Å²) in [6.07, 6.45) is 3.84. The normalized spacial score (nSPS) is 11.1. The average molecular weight is 375 g/mol. The predicted octanol–water partition coefficient (Wildman–Crippen LogP) is 2.59. The van der Waals surface area contributed by atoms with E-state index < -0.39 is 5.56 Å². The van der Waals surface area contributed by atoms with Crippen molar-refractivity contribution in [1.29, 1.82) is 0 Å². The number of fused-ring (bicyclic) bond motifs is 3. The van der Waals surface area contributed by atoms with Gasteiger partial charge in [-0.3, -0.25) is 23.9 Å². The molecule has 0 atom stereocenters. The van der Waals surface area contributed by atoms with Crippen molar-refractivity contribution in [2.45, 2.75) is 6.54 Å². The largest absolute Gasteiger partial charge is 0.494 e. The Kier molecular flexibility index (Phi) is 4.27. The number of carbonyl (C=O) groups excluding carboxylic acids is 2. The quantitative estimate of drug-likeness (QED) is 0.395. The number of nitrogens with zero attached hydrogens (tertiary/aromatic N) is 3. The van der Waals surface area contributed by atoms with E-state index in [1.54, 1.807) is 54.3 Å². The lowest BCUT2D eigenvalue weighted by Gasteiger charge is -2.12. The zero-order chi connectivity index (χ0) is 19.8. The first kappa shape index (κ1) is 17.7. The van der Waals surface area contributed by atoms with E-state index in [1.807, 2.05) is 6.07 Å². The number of rotatable bonds is 5. The van der Waals surface area contributed by atoms with E-state index in [4.69, 9.17) is 4.74 Å². The molecular formula is C21H17N3O4. The van der Waals surface area contributed by atoms with E-state index in [1.165, 1.54) is 11.7 Å². The van der Waals surface area contributed by atoms with Gasteiger partial charge in [-0.2, -0.15) is 0 Å². The van der Waals surface area contributed by atoms with Crippen LogP contribution in [0.2, 0.25) is 0 Å². The van der Waals surface area contributed by atoms with Crippen molar-refractivity contribution >= 4 is 33.9 Å². The van der Waals surface area contributed by atoms with Crippen LogP contribution in [0.5, 0.6) is 5.75 Å². The molecule has 0 aliphatic carbocycles. The maximum atomic E-state index is 13.4. The summed E-state index contributed by atoms with van der Waals surface area (Å²) >= 11 is 0. The van der Waals surface area contributed by atoms with Crippen LogP contribution in [0.4, 0.5) is 0 Å². The van der Waals surface area contributed by atoms with Crippen LogP contribution in [0.25, 0.3) is 21.8 Å². The predicted molar refractivity (Wildman–Crippen MR) is 105 cm³/mol. The minimum atomic E-state index is -0.390. The van der Waals surface area contributed by atoms with Crippen LogP contribution in [-0.2, 0) is 13.6 Å². The first-order chi connectivity index (χ1) is 13.6. The molecule has 3 aromatic heterocycles. The summed E-state index contributed by atoms with van der Waals surface area (Å²) in [6, 6.07) is 10.5. The van der Waals surface area contributed by atoms with Gasteiger partial charge in [0.25, 0.3) is 5.56 Å². The fourth-order valence-corrected chi connectivity index (χ4v) is 3.59. The Balaban J connectivity index is 2.06. The molecule has 4 aromatic rings. The Morgan fingerprint density at radius 3 is 2.64 bits per heavy atom. The van der Waals surface area contributed by atoms with Crippen molar-refractivity contribution in [1.82, 2.24) is 14.1 Å². The van der Waals surface area contributed by atoms with E-state index in [-0.39, 0.29) is 29.2 Å². The highest BCUT2D eigenvalue weighted by Crippen LogP contribution is 2.33. The zero-order valence-electron chi connectivity index (χ0n) is 15.4. The summed E-state index contributed by atoms with van der Waals surface area (Å²) in [5.41, 5.74) is 1.50. The van der Waals surface area contributed by atoms with Crippen molar-refractivity contribution in [3.8, 4) is 5.75 Å². The Labute approximate surface area is 159 Å². The third-order valence-electron chi connectivity index (χ3n) is 4.91. The molecule has 3 heterocycles. The third-order valence-corrected chi connectivity index (χ3v) is 4.91. The minimum Gasteiger partial charge on any atom is -0.494 e. The van der Waals surface area contributed by atoms with Crippen LogP contribution in [0, 0.1) is 0 Å². The van der Waals surface area contributed by atoms with E-state index in [2.05, 4.69) is 4.98 Å². The van der Waals surface area contributed by atoms with Crippen LogP contribution in [0.15, 0.2) is 53.6 Å². The number of benzene rings is 1. The van der Waals surface area contributed by atoms with Gasteiger partial charge >= 0.3 is 0 Å². The fourth-order valence-electron chi connectivity index (χ4n) is 3.59. The van der Waals surface area contributed by atoms with Crippen LogP contribution >= 0.6 is 0 Å². The molecular weight excluding hydrogens is 358 g/mol. The second kappa shape index (κ2) is 6.77.